The molecule has 0 saturated carbocycles. The van der Waals surface area contributed by atoms with E-state index in [-0.39, 0.29) is 31.4 Å². The van der Waals surface area contributed by atoms with Gasteiger partial charge in [-0.25, -0.2) is 4.68 Å². The molecule has 128 valence electrons. The van der Waals surface area contributed by atoms with Gasteiger partial charge in [0.15, 0.2) is 0 Å². The zero-order chi connectivity index (χ0) is 17.5. The molecule has 3 rings (SSSR count). The van der Waals surface area contributed by atoms with Gasteiger partial charge in [0.1, 0.15) is 12.3 Å². The van der Waals surface area contributed by atoms with Crippen molar-refractivity contribution in [2.45, 2.75) is 13.0 Å². The molecule has 1 N–H and O–H groups in total. The highest BCUT2D eigenvalue weighted by atomic mass is 32.1. The van der Waals surface area contributed by atoms with E-state index >= 15 is 0 Å². The van der Waals surface area contributed by atoms with Crippen LogP contribution in [0, 0.1) is 0 Å². The van der Waals surface area contributed by atoms with Gasteiger partial charge >= 0.3 is 5.97 Å². The first-order valence-corrected chi connectivity index (χ1v) is 8.67. The van der Waals surface area contributed by atoms with Gasteiger partial charge in [-0.3, -0.25) is 9.59 Å². The Morgan fingerprint density at radius 1 is 1.12 bits per heavy atom. The van der Waals surface area contributed by atoms with E-state index in [2.05, 4.69) is 10.4 Å². The molecule has 7 heteroatoms. The fourth-order valence-electron chi connectivity index (χ4n) is 2.16. The minimum Gasteiger partial charge on any atom is -0.459 e. The molecule has 25 heavy (non-hydrogen) atoms. The van der Waals surface area contributed by atoms with Crippen molar-refractivity contribution in [3.63, 3.8) is 0 Å². The molecule has 0 bridgehead atoms. The van der Waals surface area contributed by atoms with E-state index in [4.69, 9.17) is 4.74 Å². The number of aromatic nitrogens is 2. The predicted molar refractivity (Wildman–Crippen MR) is 94.6 cm³/mol. The van der Waals surface area contributed by atoms with Gasteiger partial charge in [0.05, 0.1) is 17.0 Å². The molecule has 1 amide bonds. The minimum absolute atomic E-state index is 0.109. The molecule has 0 fully saturated rings. The summed E-state index contributed by atoms with van der Waals surface area (Å²) in [5, 5.41) is 8.89. The summed E-state index contributed by atoms with van der Waals surface area (Å²) in [6, 6.07) is 15.0. The van der Waals surface area contributed by atoms with Gasteiger partial charge in [-0.15, -0.1) is 11.3 Å². The molecule has 0 saturated heterocycles. The monoisotopic (exact) mass is 355 g/mol. The van der Waals surface area contributed by atoms with Crippen molar-refractivity contribution in [3.05, 3.63) is 70.7 Å². The molecule has 2 aromatic heterocycles. The molecule has 0 aliphatic rings. The molecule has 0 atom stereocenters. The van der Waals surface area contributed by atoms with E-state index in [9.17, 15) is 9.59 Å². The summed E-state index contributed by atoms with van der Waals surface area (Å²) in [6.45, 7) is 0.353. The number of carbonyl (C=O) groups is 2. The van der Waals surface area contributed by atoms with Crippen LogP contribution in [0.5, 0.6) is 0 Å². The SMILES string of the molecule is O=C(CCNC(=O)c1cccs1)OCc1ccn(-c2ccccc2)n1. The first kappa shape index (κ1) is 16.9. The second-order valence-electron chi connectivity index (χ2n) is 5.23. The number of hydrogen-bond acceptors (Lipinski definition) is 5. The van der Waals surface area contributed by atoms with Crippen LogP contribution in [0.1, 0.15) is 21.8 Å². The molecular weight excluding hydrogens is 338 g/mol. The second kappa shape index (κ2) is 8.25. The van der Waals surface area contributed by atoms with Crippen LogP contribution in [0.3, 0.4) is 0 Å². The van der Waals surface area contributed by atoms with Gasteiger partial charge in [-0.2, -0.15) is 5.10 Å². The highest BCUT2D eigenvalue weighted by Crippen LogP contribution is 2.09. The van der Waals surface area contributed by atoms with Crippen molar-refractivity contribution < 1.29 is 14.3 Å². The van der Waals surface area contributed by atoms with Gasteiger partial charge in [0, 0.05) is 12.7 Å². The number of ether oxygens (including phenoxy) is 1. The van der Waals surface area contributed by atoms with Crippen molar-refractivity contribution in [3.8, 4) is 5.69 Å². The van der Waals surface area contributed by atoms with E-state index in [1.807, 2.05) is 48.0 Å². The first-order valence-electron chi connectivity index (χ1n) is 7.79. The number of nitrogens with one attached hydrogen (secondary N) is 1. The number of benzene rings is 1. The molecule has 0 unspecified atom stereocenters. The first-order chi connectivity index (χ1) is 12.2. The summed E-state index contributed by atoms with van der Waals surface area (Å²) >= 11 is 1.36. The standard InChI is InChI=1S/C18H17N3O3S/c22-17(8-10-19-18(23)16-7-4-12-25-16)24-13-14-9-11-21(20-14)15-5-2-1-3-6-15/h1-7,9,11-12H,8,10,13H2,(H,19,23). The Bertz CT molecular complexity index is 828. The van der Waals surface area contributed by atoms with Gasteiger partial charge in [-0.1, -0.05) is 24.3 Å². The van der Waals surface area contributed by atoms with Crippen molar-refractivity contribution in [1.29, 1.82) is 0 Å². The van der Waals surface area contributed by atoms with Crippen LogP contribution in [-0.4, -0.2) is 28.2 Å². The van der Waals surface area contributed by atoms with Crippen molar-refractivity contribution in [2.75, 3.05) is 6.54 Å². The fourth-order valence-corrected chi connectivity index (χ4v) is 2.80. The minimum atomic E-state index is -0.374. The Kier molecular flexibility index (Phi) is 5.58. The number of nitrogens with zero attached hydrogens (tertiary/aromatic N) is 2. The third kappa shape index (κ3) is 4.77. The zero-order valence-electron chi connectivity index (χ0n) is 13.4. The summed E-state index contributed by atoms with van der Waals surface area (Å²) in [4.78, 5) is 24.1. The smallest absolute Gasteiger partial charge is 0.307 e. The molecule has 0 aliphatic heterocycles. The second-order valence-corrected chi connectivity index (χ2v) is 6.18. The quantitative estimate of drug-likeness (QED) is 0.662. The van der Waals surface area contributed by atoms with Gasteiger partial charge in [0.2, 0.25) is 0 Å². The van der Waals surface area contributed by atoms with Crippen LogP contribution in [0.2, 0.25) is 0 Å². The third-order valence-electron chi connectivity index (χ3n) is 3.41. The average Bonchev–Trinajstić information content (AvgIpc) is 3.32. The number of para-hydroxylation sites is 1. The summed E-state index contributed by atoms with van der Waals surface area (Å²) in [6.07, 6.45) is 1.94. The largest absolute Gasteiger partial charge is 0.459 e. The van der Waals surface area contributed by atoms with Gasteiger partial charge < -0.3 is 10.1 Å². The lowest BCUT2D eigenvalue weighted by Gasteiger charge is -2.04. The summed E-state index contributed by atoms with van der Waals surface area (Å²) in [5.41, 5.74) is 1.61. The highest BCUT2D eigenvalue weighted by Gasteiger charge is 2.09. The van der Waals surface area contributed by atoms with Gasteiger partial charge in [-0.05, 0) is 29.6 Å². The Labute approximate surface area is 149 Å². The maximum absolute atomic E-state index is 11.8. The number of esters is 1. The number of hydrogen-bond donors (Lipinski definition) is 1. The summed E-state index contributed by atoms with van der Waals surface area (Å²) in [5.74, 6) is -0.551. The van der Waals surface area contributed by atoms with E-state index in [0.717, 1.165) is 5.69 Å². The van der Waals surface area contributed by atoms with E-state index < -0.39 is 0 Å². The van der Waals surface area contributed by atoms with Crippen molar-refractivity contribution in [1.82, 2.24) is 15.1 Å². The van der Waals surface area contributed by atoms with E-state index in [0.29, 0.717) is 10.6 Å². The van der Waals surface area contributed by atoms with Crippen LogP contribution in [0.15, 0.2) is 60.1 Å². The van der Waals surface area contributed by atoms with Crippen molar-refractivity contribution >= 4 is 23.2 Å². The molecule has 0 radical (unpaired) electrons. The average molecular weight is 355 g/mol. The summed E-state index contributed by atoms with van der Waals surface area (Å²) in [7, 11) is 0. The maximum atomic E-state index is 11.8. The molecule has 2 heterocycles. The van der Waals surface area contributed by atoms with Gasteiger partial charge in [0.25, 0.3) is 5.91 Å². The van der Waals surface area contributed by atoms with Crippen LogP contribution >= 0.6 is 11.3 Å². The van der Waals surface area contributed by atoms with Crippen LogP contribution < -0.4 is 5.32 Å². The Morgan fingerprint density at radius 2 is 1.96 bits per heavy atom. The summed E-state index contributed by atoms with van der Waals surface area (Å²) < 4.78 is 6.91. The van der Waals surface area contributed by atoms with Crippen LogP contribution in [-0.2, 0) is 16.1 Å². The number of thiophene rings is 1. The maximum Gasteiger partial charge on any atom is 0.307 e. The lowest BCUT2D eigenvalue weighted by molar-refractivity contribution is -0.144. The lowest BCUT2D eigenvalue weighted by atomic mass is 10.3. The molecule has 1 aromatic carbocycles. The lowest BCUT2D eigenvalue weighted by Crippen LogP contribution is -2.25. The molecule has 3 aromatic rings. The Morgan fingerprint density at radius 3 is 2.72 bits per heavy atom. The van der Waals surface area contributed by atoms with Crippen LogP contribution in [0.4, 0.5) is 0 Å². The Balaban J connectivity index is 1.41. The molecular formula is C18H17N3O3S. The number of amides is 1. The number of carbonyl (C=O) groups excluding carboxylic acids is 2. The van der Waals surface area contributed by atoms with Crippen LogP contribution in [0.25, 0.3) is 5.69 Å². The Hall–Kier alpha value is -2.93. The molecule has 0 spiro atoms. The highest BCUT2D eigenvalue weighted by molar-refractivity contribution is 7.12. The third-order valence-corrected chi connectivity index (χ3v) is 4.27. The van der Waals surface area contributed by atoms with Crippen molar-refractivity contribution in [2.24, 2.45) is 0 Å². The topological polar surface area (TPSA) is 73.2 Å². The molecule has 0 aliphatic carbocycles. The zero-order valence-corrected chi connectivity index (χ0v) is 14.2. The van der Waals surface area contributed by atoms with E-state index in [1.165, 1.54) is 11.3 Å². The fraction of sp³-hybridized carbons (Fsp3) is 0.167. The normalized spacial score (nSPS) is 10.4. The van der Waals surface area contributed by atoms with E-state index in [1.54, 1.807) is 16.8 Å². The molecule has 6 nitrogen and oxygen atoms in total. The predicted octanol–water partition coefficient (Wildman–Crippen LogP) is 2.80. The number of rotatable bonds is 7.